The highest BCUT2D eigenvalue weighted by Gasteiger charge is 1.98. The molecule has 0 aliphatic carbocycles. The Balaban J connectivity index is 3.07. The minimum absolute atomic E-state index is 0.309. The van der Waals surface area contributed by atoms with E-state index in [1.54, 1.807) is 0 Å². The molecule has 0 atom stereocenters. The summed E-state index contributed by atoms with van der Waals surface area (Å²) in [6.45, 7) is 0. The third-order valence-corrected chi connectivity index (χ3v) is 1.48. The van der Waals surface area contributed by atoms with Gasteiger partial charge in [0.15, 0.2) is 0 Å². The van der Waals surface area contributed by atoms with Crippen molar-refractivity contribution >= 4 is 22.6 Å². The van der Waals surface area contributed by atoms with Crippen LogP contribution in [0.2, 0.25) is 0 Å². The predicted octanol–water partition coefficient (Wildman–Crippen LogP) is 2.28. The van der Waals surface area contributed by atoms with Crippen LogP contribution in [0.1, 0.15) is 5.56 Å². The van der Waals surface area contributed by atoms with Crippen molar-refractivity contribution in [2.75, 3.05) is 0 Å². The molecule has 0 radical (unpaired) electrons. The highest BCUT2D eigenvalue weighted by atomic mass is 35.5. The Morgan fingerprint density at radius 2 is 2.00 bits per heavy atom. The molecule has 0 fully saturated rings. The summed E-state index contributed by atoms with van der Waals surface area (Å²) < 4.78 is 0. The fourth-order valence-electron chi connectivity index (χ4n) is 0.874. The van der Waals surface area contributed by atoms with E-state index in [0.29, 0.717) is 5.71 Å². The number of hydrogen-bond acceptors (Lipinski definition) is 1. The van der Waals surface area contributed by atoms with Gasteiger partial charge in [0.05, 0.1) is 0 Å². The van der Waals surface area contributed by atoms with Crippen molar-refractivity contribution in [3.8, 4) is 12.3 Å². The number of terminal acetylenes is 1. The van der Waals surface area contributed by atoms with E-state index < -0.39 is 0 Å². The van der Waals surface area contributed by atoms with Gasteiger partial charge in [-0.05, 0) is 17.5 Å². The van der Waals surface area contributed by atoms with Crippen molar-refractivity contribution in [2.45, 2.75) is 0 Å². The van der Waals surface area contributed by atoms with Gasteiger partial charge in [0.2, 0.25) is 5.29 Å². The maximum atomic E-state index is 6.96. The Labute approximate surface area is 81.8 Å². The van der Waals surface area contributed by atoms with Crippen LogP contribution in [0.15, 0.2) is 35.3 Å². The van der Waals surface area contributed by atoms with Crippen molar-refractivity contribution in [1.82, 2.24) is 0 Å². The number of nitrogens with one attached hydrogen (secondary N) is 1. The zero-order valence-corrected chi connectivity index (χ0v) is 7.55. The Kier molecular flexibility index (Phi) is 3.24. The number of hydrogen-bond donors (Lipinski definition) is 1. The summed E-state index contributed by atoms with van der Waals surface area (Å²) in [5.74, 6) is 2.37. The molecule has 1 rings (SSSR count). The van der Waals surface area contributed by atoms with Crippen LogP contribution in [-0.2, 0) is 0 Å². The van der Waals surface area contributed by atoms with E-state index in [1.165, 1.54) is 0 Å². The highest BCUT2D eigenvalue weighted by molar-refractivity contribution is 6.65. The van der Waals surface area contributed by atoms with E-state index in [4.69, 9.17) is 23.4 Å². The van der Waals surface area contributed by atoms with Gasteiger partial charge in [-0.3, -0.25) is 5.41 Å². The molecule has 0 amide bonds. The minimum atomic E-state index is -0.309. The summed E-state index contributed by atoms with van der Waals surface area (Å²) in [6, 6.07) is 9.21. The standard InChI is InChI=1S/C10H7ClN2/c1-2-9(13-10(11)12)8-6-4-3-5-7-8/h1,3-7,12H. The lowest BCUT2D eigenvalue weighted by atomic mass is 10.1. The molecule has 0 heterocycles. The molecule has 1 N–H and O–H groups in total. The number of aliphatic imine (C=N–C) groups is 1. The molecule has 0 spiro atoms. The third kappa shape index (κ3) is 2.73. The monoisotopic (exact) mass is 190 g/mol. The largest absolute Gasteiger partial charge is 0.272 e. The number of halogens is 1. The molecule has 0 bridgehead atoms. The Bertz CT molecular complexity index is 374. The van der Waals surface area contributed by atoms with Gasteiger partial charge in [0, 0.05) is 5.56 Å². The maximum Gasteiger partial charge on any atom is 0.216 e. The average Bonchev–Trinajstić information content (AvgIpc) is 2.15. The lowest BCUT2D eigenvalue weighted by Gasteiger charge is -1.96. The topological polar surface area (TPSA) is 36.2 Å². The predicted molar refractivity (Wildman–Crippen MR) is 55.4 cm³/mol. The smallest absolute Gasteiger partial charge is 0.216 e. The summed E-state index contributed by atoms with van der Waals surface area (Å²) in [6.07, 6.45) is 5.22. The summed E-state index contributed by atoms with van der Waals surface area (Å²) in [5, 5.41) is 6.65. The molecular weight excluding hydrogens is 184 g/mol. The first-order valence-electron chi connectivity index (χ1n) is 3.59. The van der Waals surface area contributed by atoms with Gasteiger partial charge in [-0.15, -0.1) is 6.42 Å². The van der Waals surface area contributed by atoms with E-state index >= 15 is 0 Å². The Morgan fingerprint density at radius 3 is 2.46 bits per heavy atom. The molecule has 0 aliphatic heterocycles. The van der Waals surface area contributed by atoms with Gasteiger partial charge in [-0.1, -0.05) is 30.3 Å². The molecule has 13 heavy (non-hydrogen) atoms. The van der Waals surface area contributed by atoms with Crippen molar-refractivity contribution < 1.29 is 0 Å². The summed E-state index contributed by atoms with van der Waals surface area (Å²) in [7, 11) is 0. The molecule has 0 saturated heterocycles. The summed E-state index contributed by atoms with van der Waals surface area (Å²) in [5.41, 5.74) is 1.16. The van der Waals surface area contributed by atoms with Crippen LogP contribution in [0.5, 0.6) is 0 Å². The molecule has 0 saturated carbocycles. The van der Waals surface area contributed by atoms with Crippen LogP contribution in [-0.4, -0.2) is 11.0 Å². The van der Waals surface area contributed by atoms with E-state index in [1.807, 2.05) is 30.3 Å². The molecule has 64 valence electrons. The lowest BCUT2D eigenvalue weighted by molar-refractivity contribution is 1.49. The van der Waals surface area contributed by atoms with Crippen LogP contribution in [0.3, 0.4) is 0 Å². The fraction of sp³-hybridized carbons (Fsp3) is 0. The van der Waals surface area contributed by atoms with Crippen LogP contribution in [0.25, 0.3) is 0 Å². The van der Waals surface area contributed by atoms with Gasteiger partial charge < -0.3 is 0 Å². The lowest BCUT2D eigenvalue weighted by Crippen LogP contribution is -1.98. The third-order valence-electron chi connectivity index (χ3n) is 1.39. The quantitative estimate of drug-likeness (QED) is 0.305. The minimum Gasteiger partial charge on any atom is -0.272 e. The average molecular weight is 191 g/mol. The first kappa shape index (κ1) is 9.50. The van der Waals surface area contributed by atoms with Gasteiger partial charge in [0.1, 0.15) is 5.71 Å². The van der Waals surface area contributed by atoms with Crippen LogP contribution in [0.4, 0.5) is 0 Å². The SMILES string of the molecule is C#CC(=NC(=N)Cl)c1ccccc1. The fourth-order valence-corrected chi connectivity index (χ4v) is 0.959. The summed E-state index contributed by atoms with van der Waals surface area (Å²) in [4.78, 5) is 3.69. The molecule has 3 heteroatoms. The first-order valence-corrected chi connectivity index (χ1v) is 3.96. The molecule has 0 aliphatic rings. The Hall–Kier alpha value is -1.59. The second-order valence-electron chi connectivity index (χ2n) is 2.26. The number of benzene rings is 1. The molecule has 1 aromatic carbocycles. The molecular formula is C10H7ClN2. The first-order chi connectivity index (χ1) is 6.24. The zero-order valence-electron chi connectivity index (χ0n) is 6.79. The van der Waals surface area contributed by atoms with E-state index in [-0.39, 0.29) is 5.29 Å². The van der Waals surface area contributed by atoms with Crippen LogP contribution in [0, 0.1) is 17.8 Å². The van der Waals surface area contributed by atoms with Crippen LogP contribution >= 0.6 is 11.6 Å². The Morgan fingerprint density at radius 1 is 1.38 bits per heavy atom. The second-order valence-corrected chi connectivity index (χ2v) is 2.62. The van der Waals surface area contributed by atoms with Gasteiger partial charge in [-0.2, -0.15) is 0 Å². The highest BCUT2D eigenvalue weighted by Crippen LogP contribution is 2.01. The molecule has 0 unspecified atom stereocenters. The van der Waals surface area contributed by atoms with Gasteiger partial charge in [-0.25, -0.2) is 4.99 Å². The van der Waals surface area contributed by atoms with E-state index in [9.17, 15) is 0 Å². The molecule has 0 aromatic heterocycles. The number of nitrogens with zero attached hydrogens (tertiary/aromatic N) is 1. The van der Waals surface area contributed by atoms with Crippen molar-refractivity contribution in [3.63, 3.8) is 0 Å². The molecule has 2 nitrogen and oxygen atoms in total. The number of amidine groups is 1. The second kappa shape index (κ2) is 4.44. The van der Waals surface area contributed by atoms with Gasteiger partial charge >= 0.3 is 0 Å². The maximum absolute atomic E-state index is 6.96. The van der Waals surface area contributed by atoms with E-state index in [0.717, 1.165) is 5.56 Å². The van der Waals surface area contributed by atoms with Crippen molar-refractivity contribution in [3.05, 3.63) is 35.9 Å². The molecule has 1 aromatic rings. The summed E-state index contributed by atoms with van der Waals surface area (Å²) >= 11 is 5.30. The van der Waals surface area contributed by atoms with Crippen LogP contribution < -0.4 is 0 Å². The number of rotatable bonds is 1. The van der Waals surface area contributed by atoms with Crippen molar-refractivity contribution in [1.29, 1.82) is 5.41 Å². The zero-order chi connectivity index (χ0) is 9.68. The normalized spacial score (nSPS) is 10.6. The van der Waals surface area contributed by atoms with E-state index in [2.05, 4.69) is 10.9 Å². The van der Waals surface area contributed by atoms with Gasteiger partial charge in [0.25, 0.3) is 0 Å². The van der Waals surface area contributed by atoms with Crippen molar-refractivity contribution in [2.24, 2.45) is 4.99 Å².